The Labute approximate surface area is 161 Å². The van der Waals surface area contributed by atoms with Crippen molar-refractivity contribution in [2.24, 2.45) is 0 Å². The number of aromatic nitrogens is 1. The first-order valence-corrected chi connectivity index (χ1v) is 8.48. The number of carbonyl (C=O) groups is 2. The maximum atomic E-state index is 12.6. The van der Waals surface area contributed by atoms with Crippen molar-refractivity contribution in [3.63, 3.8) is 0 Å². The summed E-state index contributed by atoms with van der Waals surface area (Å²) in [6.07, 6.45) is 4.64. The molecule has 0 saturated heterocycles. The number of esters is 1. The van der Waals surface area contributed by atoms with Gasteiger partial charge in [0.15, 0.2) is 5.76 Å². The number of fused-ring (bicyclic) bond motifs is 1. The highest BCUT2D eigenvalue weighted by atomic mass is 16.5. The molecular weight excluding hydrogens is 358 g/mol. The van der Waals surface area contributed by atoms with Gasteiger partial charge in [0.05, 0.1) is 18.2 Å². The van der Waals surface area contributed by atoms with Gasteiger partial charge in [0.1, 0.15) is 17.2 Å². The van der Waals surface area contributed by atoms with Crippen LogP contribution in [0.3, 0.4) is 0 Å². The molecule has 0 N–H and O–H groups in total. The van der Waals surface area contributed by atoms with Gasteiger partial charge in [-0.2, -0.15) is 0 Å². The van der Waals surface area contributed by atoms with Crippen LogP contribution >= 0.6 is 0 Å². The molecule has 1 aromatic heterocycles. The van der Waals surface area contributed by atoms with Crippen LogP contribution in [0.2, 0.25) is 0 Å². The minimum atomic E-state index is -0.537. The summed E-state index contributed by atoms with van der Waals surface area (Å²) in [5.41, 5.74) is 1.52. The maximum Gasteiger partial charge on any atom is 0.345 e. The number of hydrogen-bond donors (Lipinski definition) is 0. The first-order valence-electron chi connectivity index (χ1n) is 8.48. The van der Waals surface area contributed by atoms with E-state index in [1.165, 1.54) is 12.3 Å². The van der Waals surface area contributed by atoms with Gasteiger partial charge in [-0.25, -0.2) is 4.79 Å². The summed E-state index contributed by atoms with van der Waals surface area (Å²) in [6, 6.07) is 15.2. The zero-order valence-corrected chi connectivity index (χ0v) is 14.9. The number of ketones is 1. The highest BCUT2D eigenvalue weighted by molar-refractivity contribution is 6.14. The zero-order chi connectivity index (χ0) is 19.5. The fourth-order valence-electron chi connectivity index (χ4n) is 2.76. The lowest BCUT2D eigenvalue weighted by Crippen LogP contribution is -2.08. The fourth-order valence-corrected chi connectivity index (χ4v) is 2.76. The number of methoxy groups -OCH3 is 1. The highest BCUT2D eigenvalue weighted by Gasteiger charge is 2.28. The summed E-state index contributed by atoms with van der Waals surface area (Å²) in [5.74, 6) is 0.729. The molecule has 0 atom stereocenters. The minimum absolute atomic E-state index is 0.194. The smallest absolute Gasteiger partial charge is 0.345 e. The summed E-state index contributed by atoms with van der Waals surface area (Å²) < 4.78 is 16.2. The van der Waals surface area contributed by atoms with E-state index in [4.69, 9.17) is 14.2 Å². The first-order chi connectivity index (χ1) is 13.6. The number of rotatable bonds is 4. The van der Waals surface area contributed by atoms with E-state index in [2.05, 4.69) is 4.98 Å². The molecule has 1 aliphatic rings. The Balaban J connectivity index is 1.56. The lowest BCUT2D eigenvalue weighted by Gasteiger charge is -2.05. The molecule has 0 bridgehead atoms. The van der Waals surface area contributed by atoms with Gasteiger partial charge in [-0.1, -0.05) is 12.1 Å². The summed E-state index contributed by atoms with van der Waals surface area (Å²) in [5, 5.41) is 0. The number of pyridine rings is 1. The number of ether oxygens (including phenoxy) is 3. The van der Waals surface area contributed by atoms with Crippen molar-refractivity contribution in [3.8, 4) is 17.2 Å². The van der Waals surface area contributed by atoms with E-state index >= 15 is 0 Å². The lowest BCUT2D eigenvalue weighted by molar-refractivity contribution is 0.0734. The third kappa shape index (κ3) is 3.48. The van der Waals surface area contributed by atoms with Crippen LogP contribution < -0.4 is 14.2 Å². The predicted molar refractivity (Wildman–Crippen MR) is 102 cm³/mol. The van der Waals surface area contributed by atoms with Gasteiger partial charge in [0, 0.05) is 18.5 Å². The monoisotopic (exact) mass is 373 g/mol. The molecular formula is C22H15NO5. The van der Waals surface area contributed by atoms with Crippen LogP contribution in [0.25, 0.3) is 6.08 Å². The molecule has 2 aromatic carbocycles. The molecule has 0 spiro atoms. The molecule has 0 unspecified atom stereocenters. The van der Waals surface area contributed by atoms with Crippen molar-refractivity contribution in [2.45, 2.75) is 0 Å². The van der Waals surface area contributed by atoms with Crippen LogP contribution in [0.4, 0.5) is 0 Å². The third-order valence-corrected chi connectivity index (χ3v) is 4.14. The maximum absolute atomic E-state index is 12.6. The van der Waals surface area contributed by atoms with Crippen LogP contribution in [-0.2, 0) is 0 Å². The molecule has 28 heavy (non-hydrogen) atoms. The largest absolute Gasteiger partial charge is 0.497 e. The Bertz CT molecular complexity index is 1090. The van der Waals surface area contributed by atoms with Crippen molar-refractivity contribution in [1.82, 2.24) is 4.98 Å². The second kappa shape index (κ2) is 7.36. The van der Waals surface area contributed by atoms with E-state index in [0.29, 0.717) is 22.6 Å². The van der Waals surface area contributed by atoms with Gasteiger partial charge < -0.3 is 14.2 Å². The van der Waals surface area contributed by atoms with E-state index in [0.717, 1.165) is 5.56 Å². The molecule has 6 heteroatoms. The van der Waals surface area contributed by atoms with Crippen molar-refractivity contribution in [3.05, 3.63) is 89.4 Å². The van der Waals surface area contributed by atoms with Gasteiger partial charge in [-0.05, 0) is 48.0 Å². The van der Waals surface area contributed by atoms with Crippen LogP contribution in [0.1, 0.15) is 26.3 Å². The molecule has 3 aromatic rings. The number of benzene rings is 2. The van der Waals surface area contributed by atoms with Gasteiger partial charge >= 0.3 is 5.97 Å². The molecule has 0 radical (unpaired) electrons. The van der Waals surface area contributed by atoms with Crippen molar-refractivity contribution >= 4 is 17.8 Å². The second-order valence-corrected chi connectivity index (χ2v) is 6.01. The SMILES string of the molecule is COc1cccc(/C=C2\Oc3cc(OC(=O)c4cccnc4)ccc3C2=O)c1. The fraction of sp³-hybridized carbons (Fsp3) is 0.0455. The van der Waals surface area contributed by atoms with Gasteiger partial charge in [-0.15, -0.1) is 0 Å². The Morgan fingerprint density at radius 3 is 2.75 bits per heavy atom. The number of allylic oxidation sites excluding steroid dienone is 1. The summed E-state index contributed by atoms with van der Waals surface area (Å²) in [4.78, 5) is 28.6. The lowest BCUT2D eigenvalue weighted by atomic mass is 10.1. The molecule has 0 aliphatic carbocycles. The number of hydrogen-bond acceptors (Lipinski definition) is 6. The Kier molecular flexibility index (Phi) is 4.60. The van der Waals surface area contributed by atoms with Gasteiger partial charge in [-0.3, -0.25) is 9.78 Å². The van der Waals surface area contributed by atoms with Gasteiger partial charge in [0.25, 0.3) is 0 Å². The summed E-state index contributed by atoms with van der Waals surface area (Å²) in [7, 11) is 1.58. The van der Waals surface area contributed by atoms with E-state index in [9.17, 15) is 9.59 Å². The highest BCUT2D eigenvalue weighted by Crippen LogP contribution is 2.35. The predicted octanol–water partition coefficient (Wildman–Crippen LogP) is 3.93. The summed E-state index contributed by atoms with van der Waals surface area (Å²) in [6.45, 7) is 0. The molecule has 4 rings (SSSR count). The van der Waals surface area contributed by atoms with E-state index in [1.54, 1.807) is 49.7 Å². The summed E-state index contributed by atoms with van der Waals surface area (Å²) >= 11 is 0. The Morgan fingerprint density at radius 1 is 1.07 bits per heavy atom. The first kappa shape index (κ1) is 17.5. The van der Waals surface area contributed by atoms with Crippen LogP contribution in [0.15, 0.2) is 72.8 Å². The standard InChI is InChI=1S/C22H15NO5/c1-26-16-6-2-4-14(10-16)11-20-21(24)18-8-7-17(12-19(18)28-20)27-22(25)15-5-3-9-23-13-15/h2-13H,1H3/b20-11-. The van der Waals surface area contributed by atoms with Crippen molar-refractivity contribution < 1.29 is 23.8 Å². The van der Waals surface area contributed by atoms with Crippen molar-refractivity contribution in [1.29, 1.82) is 0 Å². The Hall–Kier alpha value is -3.93. The van der Waals surface area contributed by atoms with Crippen LogP contribution in [-0.4, -0.2) is 23.8 Å². The molecule has 0 fully saturated rings. The van der Waals surface area contributed by atoms with Crippen LogP contribution in [0, 0.1) is 0 Å². The molecule has 1 aliphatic heterocycles. The average Bonchev–Trinajstić information content (AvgIpc) is 3.03. The number of Topliss-reactive ketones (excluding diaryl/α,β-unsaturated/α-hetero) is 1. The van der Waals surface area contributed by atoms with Gasteiger partial charge in [0.2, 0.25) is 5.78 Å². The normalized spacial score (nSPS) is 13.8. The molecule has 0 saturated carbocycles. The zero-order valence-electron chi connectivity index (χ0n) is 14.9. The van der Waals surface area contributed by atoms with E-state index < -0.39 is 5.97 Å². The molecule has 6 nitrogen and oxygen atoms in total. The number of nitrogens with zero attached hydrogens (tertiary/aromatic N) is 1. The number of carbonyl (C=O) groups excluding carboxylic acids is 2. The minimum Gasteiger partial charge on any atom is -0.497 e. The van der Waals surface area contributed by atoms with Crippen LogP contribution in [0.5, 0.6) is 17.2 Å². The van der Waals surface area contributed by atoms with E-state index in [1.807, 2.05) is 18.2 Å². The average molecular weight is 373 g/mol. The molecule has 2 heterocycles. The Morgan fingerprint density at radius 2 is 1.96 bits per heavy atom. The molecule has 138 valence electrons. The quantitative estimate of drug-likeness (QED) is 0.392. The topological polar surface area (TPSA) is 74.7 Å². The third-order valence-electron chi connectivity index (χ3n) is 4.14. The van der Waals surface area contributed by atoms with E-state index in [-0.39, 0.29) is 17.3 Å². The second-order valence-electron chi connectivity index (χ2n) is 6.01. The molecule has 0 amide bonds. The van der Waals surface area contributed by atoms with Crippen molar-refractivity contribution in [2.75, 3.05) is 7.11 Å².